The van der Waals surface area contributed by atoms with E-state index in [4.69, 9.17) is 9.47 Å². The number of imidazole rings is 1. The lowest BCUT2D eigenvalue weighted by Crippen LogP contribution is -2.06. The molecular formula is C26H28N4O2S. The second-order valence-electron chi connectivity index (χ2n) is 8.72. The van der Waals surface area contributed by atoms with Crippen molar-refractivity contribution in [2.24, 2.45) is 0 Å². The van der Waals surface area contributed by atoms with Crippen LogP contribution < -0.4 is 9.47 Å². The van der Waals surface area contributed by atoms with Crippen LogP contribution >= 0.6 is 11.8 Å². The maximum atomic E-state index is 5.91. The molecule has 0 unspecified atom stereocenters. The van der Waals surface area contributed by atoms with Crippen LogP contribution in [0.5, 0.6) is 11.5 Å². The van der Waals surface area contributed by atoms with Gasteiger partial charge >= 0.3 is 0 Å². The number of benzene rings is 1. The fraction of sp³-hybridized carbons (Fsp3) is 0.269. The number of hydrogen-bond acceptors (Lipinski definition) is 6. The normalized spacial score (nSPS) is 11.4. The van der Waals surface area contributed by atoms with Gasteiger partial charge in [-0.25, -0.2) is 4.98 Å². The maximum Gasteiger partial charge on any atom is 0.156 e. The van der Waals surface area contributed by atoms with Gasteiger partial charge in [-0.05, 0) is 42.8 Å². The van der Waals surface area contributed by atoms with Crippen molar-refractivity contribution in [1.82, 2.24) is 19.9 Å². The Labute approximate surface area is 198 Å². The van der Waals surface area contributed by atoms with E-state index in [9.17, 15) is 0 Å². The summed E-state index contributed by atoms with van der Waals surface area (Å²) in [6.45, 7) is 8.97. The van der Waals surface area contributed by atoms with E-state index in [1.54, 1.807) is 25.1 Å². The van der Waals surface area contributed by atoms with Gasteiger partial charge < -0.3 is 14.5 Å². The number of ether oxygens (including phenoxy) is 2. The van der Waals surface area contributed by atoms with Gasteiger partial charge in [0.25, 0.3) is 0 Å². The predicted molar refractivity (Wildman–Crippen MR) is 133 cm³/mol. The Morgan fingerprint density at radius 1 is 0.939 bits per heavy atom. The molecule has 0 fully saturated rings. The van der Waals surface area contributed by atoms with Crippen LogP contribution in [0.3, 0.4) is 0 Å². The molecule has 0 radical (unpaired) electrons. The first-order valence-corrected chi connectivity index (χ1v) is 11.6. The van der Waals surface area contributed by atoms with Gasteiger partial charge in [0.15, 0.2) is 5.82 Å². The van der Waals surface area contributed by atoms with E-state index in [0.29, 0.717) is 23.9 Å². The van der Waals surface area contributed by atoms with E-state index in [1.807, 2.05) is 55.7 Å². The van der Waals surface area contributed by atoms with Gasteiger partial charge in [0.2, 0.25) is 0 Å². The fourth-order valence-corrected chi connectivity index (χ4v) is 4.20. The number of aryl methyl sites for hydroxylation is 1. The zero-order valence-corrected chi connectivity index (χ0v) is 20.4. The van der Waals surface area contributed by atoms with Gasteiger partial charge in [-0.3, -0.25) is 9.97 Å². The Bertz CT molecular complexity index is 1210. The summed E-state index contributed by atoms with van der Waals surface area (Å²) in [5, 5.41) is 0. The maximum absolute atomic E-state index is 5.91. The number of nitrogens with zero attached hydrogens (tertiary/aromatic N) is 3. The minimum Gasteiger partial charge on any atom is -0.496 e. The average molecular weight is 461 g/mol. The molecule has 7 heteroatoms. The molecule has 0 saturated carbocycles. The molecule has 0 spiro atoms. The molecular weight excluding hydrogens is 432 g/mol. The van der Waals surface area contributed by atoms with Crippen LogP contribution in [0.4, 0.5) is 0 Å². The molecule has 0 atom stereocenters. The molecule has 4 aromatic rings. The summed E-state index contributed by atoms with van der Waals surface area (Å²) < 4.78 is 11.7. The number of aromatic nitrogens is 4. The Morgan fingerprint density at radius 3 is 2.45 bits per heavy atom. The number of rotatable bonds is 7. The number of H-pyrrole nitrogens is 1. The smallest absolute Gasteiger partial charge is 0.156 e. The van der Waals surface area contributed by atoms with Gasteiger partial charge in [0, 0.05) is 33.7 Å². The van der Waals surface area contributed by atoms with Crippen LogP contribution in [0.25, 0.3) is 22.8 Å². The van der Waals surface area contributed by atoms with Gasteiger partial charge in [0.1, 0.15) is 23.8 Å². The molecule has 4 rings (SSSR count). The molecule has 33 heavy (non-hydrogen) atoms. The van der Waals surface area contributed by atoms with E-state index in [1.165, 1.54) is 0 Å². The van der Waals surface area contributed by atoms with Crippen molar-refractivity contribution in [1.29, 1.82) is 0 Å². The minimum absolute atomic E-state index is 0.143. The van der Waals surface area contributed by atoms with Crippen molar-refractivity contribution in [3.8, 4) is 34.3 Å². The molecule has 1 N–H and O–H groups in total. The van der Waals surface area contributed by atoms with Gasteiger partial charge in [0.05, 0.1) is 24.7 Å². The highest BCUT2D eigenvalue weighted by molar-refractivity contribution is 8.00. The van der Waals surface area contributed by atoms with Crippen molar-refractivity contribution in [3.05, 3.63) is 72.3 Å². The Morgan fingerprint density at radius 2 is 1.79 bits per heavy atom. The lowest BCUT2D eigenvalue weighted by Gasteiger charge is -2.17. The topological polar surface area (TPSA) is 72.9 Å². The standard InChI is InChI=1S/C26H28N4O2S/c1-17-6-7-18(27-13-17)16-32-19-8-10-21(24(12-19)31-5)23-15-29-25(30-23)22-11-9-20(14-28-22)33-26(2,3)4/h6-15H,16H2,1-5H3,(H,29,30). The molecule has 170 valence electrons. The van der Waals surface area contributed by atoms with Crippen molar-refractivity contribution in [2.45, 2.75) is 43.9 Å². The third-order valence-electron chi connectivity index (χ3n) is 4.80. The molecule has 3 heterocycles. The number of thioether (sulfide) groups is 1. The molecule has 1 aromatic carbocycles. The highest BCUT2D eigenvalue weighted by Gasteiger charge is 2.14. The summed E-state index contributed by atoms with van der Waals surface area (Å²) in [4.78, 5) is 18.0. The average Bonchev–Trinajstić information content (AvgIpc) is 3.28. The first kappa shape index (κ1) is 22.9. The molecule has 0 amide bonds. The largest absolute Gasteiger partial charge is 0.496 e. The number of aromatic amines is 1. The third-order valence-corrected chi connectivity index (χ3v) is 5.89. The molecule has 0 bridgehead atoms. The van der Waals surface area contributed by atoms with Crippen LogP contribution in [0.2, 0.25) is 0 Å². The highest BCUT2D eigenvalue weighted by Crippen LogP contribution is 2.34. The van der Waals surface area contributed by atoms with E-state index in [2.05, 4.69) is 46.8 Å². The van der Waals surface area contributed by atoms with Crippen molar-refractivity contribution >= 4 is 11.8 Å². The summed E-state index contributed by atoms with van der Waals surface area (Å²) in [5.41, 5.74) is 4.55. The first-order valence-electron chi connectivity index (χ1n) is 10.7. The summed E-state index contributed by atoms with van der Waals surface area (Å²) >= 11 is 1.79. The van der Waals surface area contributed by atoms with Crippen LogP contribution in [0.15, 0.2) is 66.0 Å². The third kappa shape index (κ3) is 5.93. The molecule has 3 aromatic heterocycles. The van der Waals surface area contributed by atoms with Crippen LogP contribution in [0.1, 0.15) is 32.0 Å². The lowest BCUT2D eigenvalue weighted by molar-refractivity contribution is 0.299. The lowest BCUT2D eigenvalue weighted by atomic mass is 10.1. The number of methoxy groups -OCH3 is 1. The van der Waals surface area contributed by atoms with Crippen LogP contribution in [0, 0.1) is 6.92 Å². The molecule has 0 aliphatic carbocycles. The zero-order chi connectivity index (χ0) is 23.4. The van der Waals surface area contributed by atoms with Crippen LogP contribution in [-0.4, -0.2) is 31.8 Å². The number of hydrogen-bond donors (Lipinski definition) is 1. The molecule has 0 aliphatic rings. The van der Waals surface area contributed by atoms with Gasteiger partial charge in [-0.2, -0.15) is 0 Å². The predicted octanol–water partition coefficient (Wildman–Crippen LogP) is 6.32. The Kier molecular flexibility index (Phi) is 6.70. The number of nitrogens with one attached hydrogen (secondary N) is 1. The molecule has 0 aliphatic heterocycles. The quantitative estimate of drug-likeness (QED) is 0.325. The van der Waals surface area contributed by atoms with E-state index in [-0.39, 0.29) is 4.75 Å². The summed E-state index contributed by atoms with van der Waals surface area (Å²) in [6, 6.07) is 13.8. The van der Waals surface area contributed by atoms with Gasteiger partial charge in [-0.15, -0.1) is 11.8 Å². The monoisotopic (exact) mass is 460 g/mol. The van der Waals surface area contributed by atoms with E-state index < -0.39 is 0 Å². The van der Waals surface area contributed by atoms with Crippen LogP contribution in [-0.2, 0) is 6.61 Å². The SMILES string of the molecule is COc1cc(OCc2ccc(C)cn2)ccc1-c1cnc(-c2ccc(SC(C)(C)C)cn2)[nH]1. The van der Waals surface area contributed by atoms with E-state index in [0.717, 1.165) is 33.1 Å². The zero-order valence-electron chi connectivity index (χ0n) is 19.5. The van der Waals surface area contributed by atoms with Gasteiger partial charge in [-0.1, -0.05) is 26.8 Å². The first-order chi connectivity index (χ1) is 15.8. The van der Waals surface area contributed by atoms with Crippen molar-refractivity contribution in [3.63, 3.8) is 0 Å². The second kappa shape index (κ2) is 9.67. The van der Waals surface area contributed by atoms with Crippen molar-refractivity contribution < 1.29 is 9.47 Å². The van der Waals surface area contributed by atoms with E-state index >= 15 is 0 Å². The summed E-state index contributed by atoms with van der Waals surface area (Å²) in [6.07, 6.45) is 5.52. The molecule has 0 saturated heterocycles. The highest BCUT2D eigenvalue weighted by atomic mass is 32.2. The summed E-state index contributed by atoms with van der Waals surface area (Å²) in [5.74, 6) is 2.13. The Balaban J connectivity index is 1.49. The minimum atomic E-state index is 0.143. The number of pyridine rings is 2. The fourth-order valence-electron chi connectivity index (χ4n) is 3.25. The Hall–Kier alpha value is -3.32. The van der Waals surface area contributed by atoms with Crippen molar-refractivity contribution in [2.75, 3.05) is 7.11 Å². The molecule has 6 nitrogen and oxygen atoms in total. The summed E-state index contributed by atoms with van der Waals surface area (Å²) in [7, 11) is 1.65. The second-order valence-corrected chi connectivity index (χ2v) is 10.6.